The summed E-state index contributed by atoms with van der Waals surface area (Å²) in [5.74, 6) is -4.83. The van der Waals surface area contributed by atoms with Crippen LogP contribution in [0.15, 0.2) is 0 Å². The Labute approximate surface area is 92.9 Å². The van der Waals surface area contributed by atoms with Crippen molar-refractivity contribution in [2.75, 3.05) is 0 Å². The Balaban J connectivity index is 0. The van der Waals surface area contributed by atoms with Crippen LogP contribution in [0.25, 0.3) is 0 Å². The first-order chi connectivity index (χ1) is 7.28. The summed E-state index contributed by atoms with van der Waals surface area (Å²) in [7, 11) is -1.90. The lowest BCUT2D eigenvalue weighted by Gasteiger charge is -2.08. The minimum absolute atomic E-state index is 1.49. The van der Waals surface area contributed by atoms with Gasteiger partial charge in [0.15, 0.2) is 0 Å². The molecule has 0 fully saturated rings. The van der Waals surface area contributed by atoms with E-state index in [1.54, 1.807) is 0 Å². The van der Waals surface area contributed by atoms with Crippen molar-refractivity contribution in [3.05, 3.63) is 0 Å². The third-order valence-electron chi connectivity index (χ3n) is 0.817. The summed E-state index contributed by atoms with van der Waals surface area (Å²) in [5.41, 5.74) is 0. The second kappa shape index (κ2) is 6.47. The molecular formula is C6H8F6O4Si. The van der Waals surface area contributed by atoms with E-state index < -0.39 is 33.3 Å². The van der Waals surface area contributed by atoms with Crippen molar-refractivity contribution in [1.29, 1.82) is 0 Å². The average molecular weight is 286 g/mol. The van der Waals surface area contributed by atoms with Gasteiger partial charge < -0.3 is 9.53 Å². The van der Waals surface area contributed by atoms with Crippen molar-refractivity contribution < 1.29 is 45.5 Å². The number of aliphatic carboxylic acids is 1. The van der Waals surface area contributed by atoms with E-state index in [0.717, 1.165) is 0 Å². The Morgan fingerprint density at radius 2 is 1.29 bits per heavy atom. The molecule has 0 saturated carbocycles. The van der Waals surface area contributed by atoms with Crippen LogP contribution < -0.4 is 0 Å². The quantitative estimate of drug-likeness (QED) is 0.589. The molecule has 0 bridgehead atoms. The lowest BCUT2D eigenvalue weighted by atomic mass is 10.7. The highest BCUT2D eigenvalue weighted by Crippen LogP contribution is 2.16. The fourth-order valence-electron chi connectivity index (χ4n) is 0.281. The first kappa shape index (κ1) is 18.1. The van der Waals surface area contributed by atoms with Crippen LogP contribution in [0.3, 0.4) is 0 Å². The molecule has 0 aromatic rings. The molecule has 0 heterocycles. The molecule has 0 aromatic heterocycles. The smallest absolute Gasteiger partial charge is 0.490 e. The van der Waals surface area contributed by atoms with Crippen LogP contribution in [-0.2, 0) is 14.0 Å². The molecule has 0 aromatic carbocycles. The van der Waals surface area contributed by atoms with Crippen molar-refractivity contribution in [2.24, 2.45) is 0 Å². The first-order valence-corrected chi connectivity index (χ1v) is 6.64. The fraction of sp³-hybridized carbons (Fsp3) is 0.667. The van der Waals surface area contributed by atoms with Gasteiger partial charge in [-0.2, -0.15) is 26.3 Å². The van der Waals surface area contributed by atoms with E-state index in [4.69, 9.17) is 9.90 Å². The number of carbonyl (C=O) groups excluding carboxylic acids is 1. The third-order valence-corrected chi connectivity index (χ3v) is 1.50. The molecule has 17 heavy (non-hydrogen) atoms. The zero-order valence-corrected chi connectivity index (χ0v) is 9.67. The number of alkyl halides is 6. The number of hydrogen-bond acceptors (Lipinski definition) is 3. The van der Waals surface area contributed by atoms with Gasteiger partial charge in [0.05, 0.1) is 0 Å². The molecule has 1 N–H and O–H groups in total. The molecule has 102 valence electrons. The Hall–Kier alpha value is -1.26. The summed E-state index contributed by atoms with van der Waals surface area (Å²) < 4.78 is 69.8. The summed E-state index contributed by atoms with van der Waals surface area (Å²) in [6, 6.07) is 0. The SMILES string of the molecule is C[SiH](C)OC(=O)C(F)(F)F.O=C(O)C(F)(F)F. The predicted molar refractivity (Wildman–Crippen MR) is 44.7 cm³/mol. The average Bonchev–Trinajstić information content (AvgIpc) is 1.99. The van der Waals surface area contributed by atoms with Crippen LogP contribution in [-0.4, -0.2) is 38.4 Å². The molecule has 0 saturated heterocycles. The van der Waals surface area contributed by atoms with Gasteiger partial charge in [0.2, 0.25) is 9.04 Å². The van der Waals surface area contributed by atoms with Crippen LogP contribution in [0.5, 0.6) is 0 Å². The molecule has 0 radical (unpaired) electrons. The van der Waals surface area contributed by atoms with E-state index in [0.29, 0.717) is 0 Å². The Kier molecular flexibility index (Phi) is 6.89. The number of hydrogen-bond donors (Lipinski definition) is 1. The van der Waals surface area contributed by atoms with Gasteiger partial charge >= 0.3 is 24.3 Å². The molecule has 0 aliphatic rings. The molecular weight excluding hydrogens is 278 g/mol. The van der Waals surface area contributed by atoms with E-state index in [1.807, 2.05) is 0 Å². The summed E-state index contributed by atoms with van der Waals surface area (Å²) in [6.45, 7) is 2.98. The molecule has 0 rings (SSSR count). The van der Waals surface area contributed by atoms with Crippen molar-refractivity contribution in [3.63, 3.8) is 0 Å². The number of carboxylic acid groups (broad SMARTS) is 1. The minimum atomic E-state index is -5.08. The van der Waals surface area contributed by atoms with Crippen molar-refractivity contribution in [3.8, 4) is 0 Å². The maximum absolute atomic E-state index is 11.4. The first-order valence-electron chi connectivity index (χ1n) is 3.86. The Morgan fingerprint density at radius 3 is 1.35 bits per heavy atom. The topological polar surface area (TPSA) is 63.6 Å². The van der Waals surface area contributed by atoms with Gasteiger partial charge in [0, 0.05) is 0 Å². The summed E-state index contributed by atoms with van der Waals surface area (Å²) in [4.78, 5) is 18.9. The van der Waals surface area contributed by atoms with Gasteiger partial charge in [-0.1, -0.05) is 0 Å². The van der Waals surface area contributed by atoms with Crippen LogP contribution in [0.4, 0.5) is 26.3 Å². The van der Waals surface area contributed by atoms with Gasteiger partial charge in [0.1, 0.15) is 0 Å². The normalized spacial score (nSPS) is 11.6. The minimum Gasteiger partial charge on any atom is -0.516 e. The zero-order chi connectivity index (χ0) is 14.4. The third kappa shape index (κ3) is 11.0. The number of carbonyl (C=O) groups is 2. The highest BCUT2D eigenvalue weighted by molar-refractivity contribution is 6.50. The Bertz CT molecular complexity index is 271. The second-order valence-electron chi connectivity index (χ2n) is 2.75. The molecule has 0 unspecified atom stereocenters. The van der Waals surface area contributed by atoms with Gasteiger partial charge in [-0.15, -0.1) is 0 Å². The molecule has 4 nitrogen and oxygen atoms in total. The van der Waals surface area contributed by atoms with Crippen molar-refractivity contribution in [1.82, 2.24) is 0 Å². The van der Waals surface area contributed by atoms with Gasteiger partial charge in [0.25, 0.3) is 0 Å². The van der Waals surface area contributed by atoms with E-state index in [1.165, 1.54) is 13.1 Å². The lowest BCUT2D eigenvalue weighted by Crippen LogP contribution is -2.29. The molecule has 11 heteroatoms. The van der Waals surface area contributed by atoms with E-state index >= 15 is 0 Å². The monoisotopic (exact) mass is 286 g/mol. The van der Waals surface area contributed by atoms with E-state index in [2.05, 4.69) is 4.43 Å². The molecule has 0 atom stereocenters. The predicted octanol–water partition coefficient (Wildman–Crippen LogP) is 1.71. The van der Waals surface area contributed by atoms with Crippen molar-refractivity contribution >= 4 is 21.0 Å². The van der Waals surface area contributed by atoms with Crippen LogP contribution in [0, 0.1) is 0 Å². The zero-order valence-electron chi connectivity index (χ0n) is 8.52. The van der Waals surface area contributed by atoms with Crippen LogP contribution >= 0.6 is 0 Å². The highest BCUT2D eigenvalue weighted by atomic mass is 28.3. The maximum atomic E-state index is 11.4. The number of halogens is 6. The largest absolute Gasteiger partial charge is 0.516 e. The summed E-state index contributed by atoms with van der Waals surface area (Å²) in [6.07, 6.45) is -9.92. The van der Waals surface area contributed by atoms with Gasteiger partial charge in [-0.3, -0.25) is 0 Å². The molecule has 0 aliphatic heterocycles. The number of rotatable bonds is 1. The molecule has 0 spiro atoms. The summed E-state index contributed by atoms with van der Waals surface area (Å²) >= 11 is 0. The molecule has 0 aliphatic carbocycles. The molecule has 0 amide bonds. The van der Waals surface area contributed by atoms with Gasteiger partial charge in [-0.05, 0) is 13.1 Å². The number of carboxylic acids is 1. The lowest BCUT2D eigenvalue weighted by molar-refractivity contribution is -0.192. The second-order valence-corrected chi connectivity index (χ2v) is 5.09. The highest BCUT2D eigenvalue weighted by Gasteiger charge is 2.41. The van der Waals surface area contributed by atoms with Gasteiger partial charge in [-0.25, -0.2) is 9.59 Å². The van der Waals surface area contributed by atoms with Crippen LogP contribution in [0.2, 0.25) is 13.1 Å². The maximum Gasteiger partial charge on any atom is 0.490 e. The van der Waals surface area contributed by atoms with E-state index in [9.17, 15) is 31.1 Å². The van der Waals surface area contributed by atoms with Crippen LogP contribution in [0.1, 0.15) is 0 Å². The van der Waals surface area contributed by atoms with Crippen molar-refractivity contribution in [2.45, 2.75) is 25.4 Å². The Morgan fingerprint density at radius 1 is 1.00 bits per heavy atom. The van der Waals surface area contributed by atoms with E-state index in [-0.39, 0.29) is 0 Å². The summed E-state index contributed by atoms with van der Waals surface area (Å²) in [5, 5.41) is 7.12. The standard InChI is InChI=1S/C4H7F3O2Si.C2HF3O2/c1-10(2)9-3(8)4(5,6)7;3-2(4,5)1(6)7/h10H,1-2H3;(H,6,7). The fourth-order valence-corrected chi connectivity index (χ4v) is 0.843.